The SMILES string of the molecule is Oc1ccc2c(c1)[C@@H](c1ccc(SCCCCCCCCCCCN3CCCC3)cc1)[C@@H](c1ccccc1)CO2. The Hall–Kier alpha value is -2.43. The molecule has 2 heterocycles. The Bertz CT molecular complexity index is 1140. The molecule has 3 nitrogen and oxygen atoms in total. The predicted molar refractivity (Wildman–Crippen MR) is 169 cm³/mol. The Kier molecular flexibility index (Phi) is 11.3. The number of fused-ring (bicyclic) bond motifs is 1. The summed E-state index contributed by atoms with van der Waals surface area (Å²) in [4.78, 5) is 3.99. The molecule has 2 aliphatic rings. The van der Waals surface area contributed by atoms with Crippen LogP contribution in [0, 0.1) is 0 Å². The van der Waals surface area contributed by atoms with E-state index >= 15 is 0 Å². The van der Waals surface area contributed by atoms with Crippen LogP contribution in [0.5, 0.6) is 11.5 Å². The number of hydrogen-bond donors (Lipinski definition) is 1. The zero-order valence-corrected chi connectivity index (χ0v) is 24.9. The molecule has 0 aromatic heterocycles. The third-order valence-electron chi connectivity index (χ3n) is 8.70. The minimum Gasteiger partial charge on any atom is -0.508 e. The van der Waals surface area contributed by atoms with Gasteiger partial charge in [0.25, 0.3) is 0 Å². The van der Waals surface area contributed by atoms with Crippen LogP contribution in [0.25, 0.3) is 0 Å². The monoisotopic (exact) mass is 557 g/mol. The summed E-state index contributed by atoms with van der Waals surface area (Å²) < 4.78 is 6.14. The molecule has 5 rings (SSSR count). The lowest BCUT2D eigenvalue weighted by Crippen LogP contribution is -2.25. The van der Waals surface area contributed by atoms with E-state index in [1.165, 1.54) is 112 Å². The number of phenolic OH excluding ortho intramolecular Hbond substituents is 1. The molecule has 40 heavy (non-hydrogen) atoms. The largest absolute Gasteiger partial charge is 0.508 e. The number of likely N-dealkylation sites (tertiary alicyclic amines) is 1. The fraction of sp³-hybridized carbons (Fsp3) is 0.500. The van der Waals surface area contributed by atoms with Gasteiger partial charge >= 0.3 is 0 Å². The zero-order chi connectivity index (χ0) is 27.4. The lowest BCUT2D eigenvalue weighted by molar-refractivity contribution is 0.248. The highest BCUT2D eigenvalue weighted by Crippen LogP contribution is 2.47. The maximum atomic E-state index is 10.3. The van der Waals surface area contributed by atoms with Gasteiger partial charge in [-0.05, 0) is 92.5 Å². The van der Waals surface area contributed by atoms with Crippen molar-refractivity contribution in [1.29, 1.82) is 0 Å². The Balaban J connectivity index is 1.03. The molecule has 0 radical (unpaired) electrons. The first-order chi connectivity index (χ1) is 19.8. The second-order valence-electron chi connectivity index (χ2n) is 11.7. The van der Waals surface area contributed by atoms with E-state index in [9.17, 15) is 5.11 Å². The van der Waals surface area contributed by atoms with E-state index < -0.39 is 0 Å². The van der Waals surface area contributed by atoms with Gasteiger partial charge in [0.05, 0.1) is 6.61 Å². The van der Waals surface area contributed by atoms with Crippen LogP contribution in [-0.4, -0.2) is 42.0 Å². The Morgan fingerprint density at radius 2 is 1.40 bits per heavy atom. The third kappa shape index (κ3) is 8.30. The first-order valence-corrected chi connectivity index (χ1v) is 16.7. The van der Waals surface area contributed by atoms with E-state index in [-0.39, 0.29) is 11.8 Å². The van der Waals surface area contributed by atoms with Gasteiger partial charge in [-0.2, -0.15) is 0 Å². The third-order valence-corrected chi connectivity index (χ3v) is 9.80. The summed E-state index contributed by atoms with van der Waals surface area (Å²) in [5.41, 5.74) is 3.63. The number of nitrogens with zero attached hydrogens (tertiary/aromatic N) is 1. The molecule has 2 atom stereocenters. The Labute approximate surface area is 246 Å². The number of aromatic hydroxyl groups is 1. The Morgan fingerprint density at radius 3 is 2.12 bits per heavy atom. The molecule has 0 aliphatic carbocycles. The number of hydrogen-bond acceptors (Lipinski definition) is 4. The quantitative estimate of drug-likeness (QED) is 0.149. The molecule has 1 fully saturated rings. The van der Waals surface area contributed by atoms with Gasteiger partial charge in [-0.3, -0.25) is 0 Å². The van der Waals surface area contributed by atoms with Crippen molar-refractivity contribution in [1.82, 2.24) is 4.90 Å². The van der Waals surface area contributed by atoms with Crippen LogP contribution < -0.4 is 4.74 Å². The van der Waals surface area contributed by atoms with Crippen molar-refractivity contribution < 1.29 is 9.84 Å². The molecule has 0 amide bonds. The van der Waals surface area contributed by atoms with Crippen molar-refractivity contribution in [2.24, 2.45) is 0 Å². The minimum atomic E-state index is 0.155. The molecule has 2 aliphatic heterocycles. The van der Waals surface area contributed by atoms with Crippen LogP contribution in [-0.2, 0) is 0 Å². The summed E-state index contributed by atoms with van der Waals surface area (Å²) in [5, 5.41) is 10.3. The van der Waals surface area contributed by atoms with Crippen molar-refractivity contribution >= 4 is 11.8 Å². The van der Waals surface area contributed by atoms with E-state index in [1.54, 1.807) is 6.07 Å². The van der Waals surface area contributed by atoms with Gasteiger partial charge in [0, 0.05) is 22.3 Å². The van der Waals surface area contributed by atoms with Gasteiger partial charge in [-0.15, -0.1) is 11.8 Å². The number of ether oxygens (including phenoxy) is 1. The van der Waals surface area contributed by atoms with E-state index in [0.29, 0.717) is 12.4 Å². The van der Waals surface area contributed by atoms with Gasteiger partial charge in [0.2, 0.25) is 0 Å². The molecule has 4 heteroatoms. The summed E-state index contributed by atoms with van der Waals surface area (Å²) in [6.45, 7) is 4.66. The van der Waals surface area contributed by atoms with Crippen LogP contribution in [0.4, 0.5) is 0 Å². The van der Waals surface area contributed by atoms with Crippen molar-refractivity contribution in [2.45, 2.75) is 87.4 Å². The fourth-order valence-corrected chi connectivity index (χ4v) is 7.36. The fourth-order valence-electron chi connectivity index (χ4n) is 6.45. The van der Waals surface area contributed by atoms with Crippen molar-refractivity contribution in [3.05, 3.63) is 89.5 Å². The second kappa shape index (κ2) is 15.5. The number of phenols is 1. The molecule has 0 spiro atoms. The molecule has 214 valence electrons. The molecule has 0 unspecified atom stereocenters. The van der Waals surface area contributed by atoms with Crippen molar-refractivity contribution in [3.63, 3.8) is 0 Å². The highest BCUT2D eigenvalue weighted by atomic mass is 32.2. The number of rotatable bonds is 15. The highest BCUT2D eigenvalue weighted by Gasteiger charge is 2.33. The van der Waals surface area contributed by atoms with Crippen LogP contribution in [0.2, 0.25) is 0 Å². The van der Waals surface area contributed by atoms with E-state index in [0.717, 1.165) is 11.3 Å². The van der Waals surface area contributed by atoms with Crippen LogP contribution in [0.3, 0.4) is 0 Å². The molecule has 3 aromatic rings. The molecule has 0 bridgehead atoms. The number of unbranched alkanes of at least 4 members (excludes halogenated alkanes) is 8. The second-order valence-corrected chi connectivity index (χ2v) is 12.8. The van der Waals surface area contributed by atoms with Crippen molar-refractivity contribution in [2.75, 3.05) is 32.0 Å². The van der Waals surface area contributed by atoms with Gasteiger partial charge < -0.3 is 14.7 Å². The molecule has 1 N–H and O–H groups in total. The van der Waals surface area contributed by atoms with E-state index in [4.69, 9.17) is 4.74 Å². The first-order valence-electron chi connectivity index (χ1n) is 15.7. The number of benzene rings is 3. The normalized spacial score (nSPS) is 18.9. The lowest BCUT2D eigenvalue weighted by atomic mass is 9.76. The molecule has 0 saturated carbocycles. The maximum Gasteiger partial charge on any atom is 0.123 e. The summed E-state index contributed by atoms with van der Waals surface area (Å²) >= 11 is 1.98. The highest BCUT2D eigenvalue weighted by molar-refractivity contribution is 7.99. The van der Waals surface area contributed by atoms with Gasteiger partial charge in [0.15, 0.2) is 0 Å². The Morgan fingerprint density at radius 1 is 0.725 bits per heavy atom. The maximum absolute atomic E-state index is 10.3. The molecule has 1 saturated heterocycles. The number of thioether (sulfide) groups is 1. The smallest absolute Gasteiger partial charge is 0.123 e. The van der Waals surface area contributed by atoms with Crippen LogP contribution in [0.1, 0.15) is 99.2 Å². The summed E-state index contributed by atoms with van der Waals surface area (Å²) in [5.74, 6) is 2.73. The summed E-state index contributed by atoms with van der Waals surface area (Å²) in [6, 6.07) is 25.3. The predicted octanol–water partition coefficient (Wildman–Crippen LogP) is 9.40. The topological polar surface area (TPSA) is 32.7 Å². The molecule has 3 aromatic carbocycles. The molecular weight excluding hydrogens is 510 g/mol. The standard InChI is InChI=1S/C36H47NO2S/c38-31-19-22-35-33(27-31)36(34(28-39-35)29-15-9-8-10-16-29)30-17-20-32(21-18-30)40-26-14-7-5-3-1-2-4-6-11-23-37-24-12-13-25-37/h8-10,15-22,27,34,36,38H,1-7,11-14,23-26,28H2/t34-,36-/m1/s1. The average Bonchev–Trinajstić information content (AvgIpc) is 3.51. The lowest BCUT2D eigenvalue weighted by Gasteiger charge is -2.34. The van der Waals surface area contributed by atoms with Crippen molar-refractivity contribution in [3.8, 4) is 11.5 Å². The van der Waals surface area contributed by atoms with Crippen LogP contribution in [0.15, 0.2) is 77.7 Å². The first kappa shape index (κ1) is 29.1. The van der Waals surface area contributed by atoms with Gasteiger partial charge in [-0.25, -0.2) is 0 Å². The van der Waals surface area contributed by atoms with E-state index in [2.05, 4.69) is 59.5 Å². The summed E-state index contributed by atoms with van der Waals surface area (Å²) in [7, 11) is 0. The minimum absolute atomic E-state index is 0.155. The van der Waals surface area contributed by atoms with Gasteiger partial charge in [0.1, 0.15) is 11.5 Å². The van der Waals surface area contributed by atoms with Crippen LogP contribution >= 0.6 is 11.8 Å². The summed E-state index contributed by atoms with van der Waals surface area (Å²) in [6.07, 6.45) is 15.3. The average molecular weight is 558 g/mol. The van der Waals surface area contributed by atoms with E-state index in [1.807, 2.05) is 23.9 Å². The zero-order valence-electron chi connectivity index (χ0n) is 24.1. The molecular formula is C36H47NO2S. The van der Waals surface area contributed by atoms with Gasteiger partial charge in [-0.1, -0.05) is 87.4 Å².